The molecule has 1 rings (SSSR count). The van der Waals surface area contributed by atoms with Crippen LogP contribution in [-0.2, 0) is 14.4 Å². The summed E-state index contributed by atoms with van der Waals surface area (Å²) in [7, 11) is 0. The first kappa shape index (κ1) is 20.7. The van der Waals surface area contributed by atoms with Crippen LogP contribution in [0.1, 0.15) is 25.8 Å². The van der Waals surface area contributed by atoms with Crippen LogP contribution in [0.15, 0.2) is 17.2 Å². The first-order valence-corrected chi connectivity index (χ1v) is 7.95. The summed E-state index contributed by atoms with van der Waals surface area (Å²) in [6.07, 6.45) is 1.90. The molecule has 0 saturated carbocycles. The summed E-state index contributed by atoms with van der Waals surface area (Å²) in [5, 5.41) is 16.6. The number of hydrazone groups is 1. The zero-order chi connectivity index (χ0) is 19.0. The van der Waals surface area contributed by atoms with Crippen molar-refractivity contribution in [2.75, 3.05) is 6.61 Å². The SMILES string of the molecule is CC[C@H](C)NC(=O)C(=O)N/N=C\c1cc(Cl)c(OCC(=O)[O-])c(Cl)c1. The van der Waals surface area contributed by atoms with Crippen LogP contribution in [0.3, 0.4) is 0 Å². The molecule has 0 bridgehead atoms. The van der Waals surface area contributed by atoms with E-state index >= 15 is 0 Å². The molecule has 25 heavy (non-hydrogen) atoms. The summed E-state index contributed by atoms with van der Waals surface area (Å²) in [5.41, 5.74) is 2.47. The Morgan fingerprint density at radius 2 is 1.88 bits per heavy atom. The van der Waals surface area contributed by atoms with Crippen LogP contribution in [0.25, 0.3) is 0 Å². The van der Waals surface area contributed by atoms with Crippen molar-refractivity contribution in [3.05, 3.63) is 27.7 Å². The van der Waals surface area contributed by atoms with Gasteiger partial charge in [0.05, 0.1) is 22.2 Å². The lowest BCUT2D eigenvalue weighted by molar-refractivity contribution is -0.307. The zero-order valence-electron chi connectivity index (χ0n) is 13.5. The molecular formula is C15H16Cl2N3O5-. The van der Waals surface area contributed by atoms with Gasteiger partial charge in [-0.25, -0.2) is 5.43 Å². The van der Waals surface area contributed by atoms with Crippen LogP contribution < -0.4 is 20.6 Å². The van der Waals surface area contributed by atoms with Gasteiger partial charge in [-0.15, -0.1) is 0 Å². The van der Waals surface area contributed by atoms with Crippen molar-refractivity contribution in [3.8, 4) is 5.75 Å². The van der Waals surface area contributed by atoms with Gasteiger partial charge in [0.25, 0.3) is 0 Å². The lowest BCUT2D eigenvalue weighted by atomic mass is 10.2. The third kappa shape index (κ3) is 6.98. The molecule has 2 amide bonds. The number of nitrogens with one attached hydrogen (secondary N) is 2. The molecule has 1 aromatic rings. The van der Waals surface area contributed by atoms with E-state index in [9.17, 15) is 19.5 Å². The van der Waals surface area contributed by atoms with Crippen molar-refractivity contribution in [1.82, 2.24) is 10.7 Å². The minimum atomic E-state index is -1.42. The molecule has 0 aliphatic rings. The summed E-state index contributed by atoms with van der Waals surface area (Å²) in [4.78, 5) is 33.5. The molecular weight excluding hydrogens is 373 g/mol. The molecule has 2 N–H and O–H groups in total. The Hall–Kier alpha value is -2.32. The second-order valence-electron chi connectivity index (χ2n) is 4.96. The number of nitrogens with zero attached hydrogens (tertiary/aromatic N) is 1. The molecule has 0 unspecified atom stereocenters. The van der Waals surface area contributed by atoms with E-state index < -0.39 is 24.4 Å². The zero-order valence-corrected chi connectivity index (χ0v) is 15.0. The fourth-order valence-corrected chi connectivity index (χ4v) is 2.14. The molecule has 1 aromatic carbocycles. The second-order valence-corrected chi connectivity index (χ2v) is 5.77. The minimum absolute atomic E-state index is 0.0124. The number of halogens is 2. The number of hydrogen-bond donors (Lipinski definition) is 2. The Kier molecular flexibility index (Phi) is 8.17. The number of carbonyl (C=O) groups excluding carboxylic acids is 3. The lowest BCUT2D eigenvalue weighted by Gasteiger charge is -2.11. The van der Waals surface area contributed by atoms with Crippen molar-refractivity contribution in [2.45, 2.75) is 26.3 Å². The number of carboxylic acid groups (broad SMARTS) is 1. The van der Waals surface area contributed by atoms with Gasteiger partial charge in [0.2, 0.25) is 0 Å². The summed E-state index contributed by atoms with van der Waals surface area (Å²) >= 11 is 11.9. The molecule has 0 aliphatic carbocycles. The number of carbonyl (C=O) groups is 3. The van der Waals surface area contributed by atoms with Crippen LogP contribution in [0, 0.1) is 0 Å². The van der Waals surface area contributed by atoms with Gasteiger partial charge in [0.15, 0.2) is 5.75 Å². The predicted octanol–water partition coefficient (Wildman–Crippen LogP) is 0.487. The maximum absolute atomic E-state index is 11.6. The van der Waals surface area contributed by atoms with E-state index in [0.29, 0.717) is 12.0 Å². The highest BCUT2D eigenvalue weighted by atomic mass is 35.5. The van der Waals surface area contributed by atoms with Gasteiger partial charge in [-0.3, -0.25) is 9.59 Å². The van der Waals surface area contributed by atoms with Gasteiger partial charge in [-0.05, 0) is 31.0 Å². The molecule has 0 aromatic heterocycles. The first-order valence-electron chi connectivity index (χ1n) is 7.20. The van der Waals surface area contributed by atoms with E-state index in [-0.39, 0.29) is 21.8 Å². The van der Waals surface area contributed by atoms with E-state index in [1.165, 1.54) is 18.3 Å². The minimum Gasteiger partial charge on any atom is -0.546 e. The maximum Gasteiger partial charge on any atom is 0.329 e. The normalized spacial score (nSPS) is 11.8. The Labute approximate surface area is 154 Å². The molecule has 1 atom stereocenters. The molecule has 0 saturated heterocycles. The fraction of sp³-hybridized carbons (Fsp3) is 0.333. The quantitative estimate of drug-likeness (QED) is 0.400. The van der Waals surface area contributed by atoms with Crippen LogP contribution in [0.2, 0.25) is 10.0 Å². The summed E-state index contributed by atoms with van der Waals surface area (Å²) in [6.45, 7) is 2.94. The Morgan fingerprint density at radius 1 is 1.28 bits per heavy atom. The smallest absolute Gasteiger partial charge is 0.329 e. The highest BCUT2D eigenvalue weighted by molar-refractivity contribution is 6.37. The van der Waals surface area contributed by atoms with Crippen LogP contribution >= 0.6 is 23.2 Å². The standard InChI is InChI=1S/C15H17Cl2N3O5/c1-3-8(2)19-14(23)15(24)20-18-6-9-4-10(16)13(11(17)5-9)25-7-12(21)22/h4-6,8H,3,7H2,1-2H3,(H,19,23)(H,20,24)(H,21,22)/p-1/b18-6-/t8-/m0/s1. The van der Waals surface area contributed by atoms with E-state index in [2.05, 4.69) is 15.8 Å². The number of aliphatic carboxylic acids is 1. The average molecular weight is 389 g/mol. The van der Waals surface area contributed by atoms with Crippen molar-refractivity contribution >= 4 is 47.2 Å². The highest BCUT2D eigenvalue weighted by Crippen LogP contribution is 2.33. The van der Waals surface area contributed by atoms with Crippen molar-refractivity contribution in [1.29, 1.82) is 0 Å². The van der Waals surface area contributed by atoms with Crippen molar-refractivity contribution in [3.63, 3.8) is 0 Å². The molecule has 0 aliphatic heterocycles. The molecule has 0 fully saturated rings. The summed E-state index contributed by atoms with van der Waals surface area (Å²) < 4.78 is 4.91. The number of hydrogen-bond acceptors (Lipinski definition) is 6. The second kappa shape index (κ2) is 9.85. The van der Waals surface area contributed by atoms with Gasteiger partial charge in [0.1, 0.15) is 6.61 Å². The van der Waals surface area contributed by atoms with Crippen LogP contribution in [0.5, 0.6) is 5.75 Å². The number of amides is 2. The number of rotatable bonds is 7. The topological polar surface area (TPSA) is 120 Å². The van der Waals surface area contributed by atoms with E-state index in [4.69, 9.17) is 27.9 Å². The molecule has 8 nitrogen and oxygen atoms in total. The molecule has 10 heteroatoms. The van der Waals surface area contributed by atoms with Gasteiger partial charge in [-0.1, -0.05) is 30.1 Å². The van der Waals surface area contributed by atoms with E-state index in [1.54, 1.807) is 6.92 Å². The average Bonchev–Trinajstić information content (AvgIpc) is 2.53. The third-order valence-corrected chi connectivity index (χ3v) is 3.49. The molecule has 0 radical (unpaired) electrons. The lowest BCUT2D eigenvalue weighted by Crippen LogP contribution is -2.41. The Bertz CT molecular complexity index is 671. The van der Waals surface area contributed by atoms with Gasteiger partial charge < -0.3 is 20.0 Å². The van der Waals surface area contributed by atoms with Gasteiger partial charge in [-0.2, -0.15) is 5.10 Å². The summed E-state index contributed by atoms with van der Waals surface area (Å²) in [5.74, 6) is -3.14. The van der Waals surface area contributed by atoms with Crippen molar-refractivity contribution in [2.24, 2.45) is 5.10 Å². The molecule has 0 spiro atoms. The maximum atomic E-state index is 11.6. The Morgan fingerprint density at radius 3 is 2.40 bits per heavy atom. The predicted molar refractivity (Wildman–Crippen MR) is 90.6 cm³/mol. The van der Waals surface area contributed by atoms with Crippen molar-refractivity contribution < 1.29 is 24.2 Å². The van der Waals surface area contributed by atoms with Crippen LogP contribution in [0.4, 0.5) is 0 Å². The third-order valence-electron chi connectivity index (χ3n) is 2.93. The summed E-state index contributed by atoms with van der Waals surface area (Å²) in [6, 6.07) is 2.66. The highest BCUT2D eigenvalue weighted by Gasteiger charge is 2.14. The monoisotopic (exact) mass is 388 g/mol. The Balaban J connectivity index is 2.70. The number of benzene rings is 1. The van der Waals surface area contributed by atoms with Crippen LogP contribution in [-0.4, -0.2) is 36.6 Å². The molecule has 0 heterocycles. The number of ether oxygens (including phenoxy) is 1. The van der Waals surface area contributed by atoms with E-state index in [0.717, 1.165) is 0 Å². The fourth-order valence-electron chi connectivity index (χ4n) is 1.53. The number of carboxylic acids is 1. The molecule has 136 valence electrons. The van der Waals surface area contributed by atoms with E-state index in [1.807, 2.05) is 6.92 Å². The van der Waals surface area contributed by atoms with Gasteiger partial charge in [0, 0.05) is 6.04 Å². The van der Waals surface area contributed by atoms with Gasteiger partial charge >= 0.3 is 11.8 Å². The first-order chi connectivity index (χ1) is 11.7. The largest absolute Gasteiger partial charge is 0.546 e.